The summed E-state index contributed by atoms with van der Waals surface area (Å²) in [7, 11) is 0. The van der Waals surface area contributed by atoms with E-state index in [0.717, 1.165) is 12.8 Å². The van der Waals surface area contributed by atoms with Gasteiger partial charge in [-0.25, -0.2) is 0 Å². The predicted octanol–water partition coefficient (Wildman–Crippen LogP) is 4.63. The third-order valence-corrected chi connectivity index (χ3v) is 5.68. The lowest BCUT2D eigenvalue weighted by Gasteiger charge is -2.36. The lowest BCUT2D eigenvalue weighted by molar-refractivity contribution is -0.124. The van der Waals surface area contributed by atoms with E-state index in [1.165, 1.54) is 5.56 Å². The summed E-state index contributed by atoms with van der Waals surface area (Å²) in [6, 6.07) is 10.2. The van der Waals surface area contributed by atoms with Crippen LogP contribution in [0, 0.1) is 5.41 Å². The zero-order valence-corrected chi connectivity index (χ0v) is 14.8. The highest BCUT2D eigenvalue weighted by molar-refractivity contribution is 9.10. The van der Waals surface area contributed by atoms with Crippen LogP contribution in [-0.4, -0.2) is 10.7 Å². The Morgan fingerprint density at radius 3 is 2.05 bits per heavy atom. The fourth-order valence-corrected chi connectivity index (χ4v) is 2.47. The van der Waals surface area contributed by atoms with Crippen molar-refractivity contribution >= 4 is 21.8 Å². The molecule has 112 valence electrons. The normalized spacial score (nSPS) is 13.9. The molecule has 0 fully saturated rings. The molecule has 0 saturated carbocycles. The van der Waals surface area contributed by atoms with Gasteiger partial charge in [0.2, 0.25) is 5.91 Å². The van der Waals surface area contributed by atoms with Crippen molar-refractivity contribution < 1.29 is 4.79 Å². The van der Waals surface area contributed by atoms with Gasteiger partial charge < -0.3 is 5.32 Å². The van der Waals surface area contributed by atoms with Crippen molar-refractivity contribution in [3.63, 3.8) is 0 Å². The van der Waals surface area contributed by atoms with E-state index in [1.54, 1.807) is 0 Å². The van der Waals surface area contributed by atoms with Gasteiger partial charge >= 0.3 is 0 Å². The summed E-state index contributed by atoms with van der Waals surface area (Å²) in [6.07, 6.45) is 1.76. The first-order valence-corrected chi connectivity index (χ1v) is 8.20. The third-order valence-electron chi connectivity index (χ3n) is 3.89. The Hall–Kier alpha value is -0.830. The van der Waals surface area contributed by atoms with Gasteiger partial charge in [0.05, 0.1) is 10.4 Å². The van der Waals surface area contributed by atoms with Crippen molar-refractivity contribution in [3.8, 4) is 0 Å². The maximum atomic E-state index is 12.5. The molecule has 0 bridgehead atoms. The third kappa shape index (κ3) is 3.85. The summed E-state index contributed by atoms with van der Waals surface area (Å²) in [5.74, 6) is 0.0602. The Labute approximate surface area is 131 Å². The van der Waals surface area contributed by atoms with Crippen molar-refractivity contribution in [2.24, 2.45) is 5.41 Å². The molecular formula is C17H26BrNO. The Balaban J connectivity index is 3.02. The van der Waals surface area contributed by atoms with Gasteiger partial charge in [0.1, 0.15) is 0 Å². The van der Waals surface area contributed by atoms with Crippen molar-refractivity contribution in [1.29, 1.82) is 0 Å². The molecule has 0 radical (unpaired) electrons. The Morgan fingerprint density at radius 2 is 1.65 bits per heavy atom. The van der Waals surface area contributed by atoms with Gasteiger partial charge in [0.15, 0.2) is 0 Å². The molecule has 1 N–H and O–H groups in total. The minimum absolute atomic E-state index is 0.0602. The number of benzene rings is 1. The molecule has 0 aliphatic heterocycles. The molecule has 0 heterocycles. The van der Waals surface area contributed by atoms with Crippen molar-refractivity contribution in [1.82, 2.24) is 5.32 Å². The van der Waals surface area contributed by atoms with Crippen LogP contribution < -0.4 is 5.32 Å². The maximum Gasteiger partial charge on any atom is 0.235 e. The molecule has 1 rings (SSSR count). The highest BCUT2D eigenvalue weighted by Crippen LogP contribution is 2.32. The first kappa shape index (κ1) is 17.2. The predicted molar refractivity (Wildman–Crippen MR) is 89.0 cm³/mol. The number of halogens is 1. The second kappa shape index (κ2) is 6.75. The van der Waals surface area contributed by atoms with Gasteiger partial charge in [-0.15, -0.1) is 0 Å². The molecule has 0 saturated heterocycles. The second-order valence-corrected chi connectivity index (χ2v) is 7.29. The summed E-state index contributed by atoms with van der Waals surface area (Å²) in [5, 5.41) is 3.27. The molecule has 1 aromatic carbocycles. The monoisotopic (exact) mass is 339 g/mol. The molecule has 1 atom stereocenters. The summed E-state index contributed by atoms with van der Waals surface area (Å²) < 4.78 is 0. The Kier molecular flexibility index (Phi) is 5.81. The van der Waals surface area contributed by atoms with Crippen LogP contribution in [0.15, 0.2) is 30.3 Å². The average molecular weight is 340 g/mol. The molecule has 0 aromatic heterocycles. The molecule has 20 heavy (non-hydrogen) atoms. The van der Waals surface area contributed by atoms with E-state index < -0.39 is 0 Å². The van der Waals surface area contributed by atoms with Gasteiger partial charge in [-0.1, -0.05) is 80.9 Å². The number of hydrogen-bond acceptors (Lipinski definition) is 1. The second-order valence-electron chi connectivity index (χ2n) is 6.37. The number of hydrogen-bond donors (Lipinski definition) is 1. The molecule has 0 aliphatic carbocycles. The maximum absolute atomic E-state index is 12.5. The fourth-order valence-electron chi connectivity index (χ4n) is 2.36. The molecule has 0 aliphatic rings. The zero-order valence-electron chi connectivity index (χ0n) is 13.2. The van der Waals surface area contributed by atoms with E-state index >= 15 is 0 Å². The topological polar surface area (TPSA) is 29.1 Å². The van der Waals surface area contributed by atoms with Crippen molar-refractivity contribution in [3.05, 3.63) is 35.9 Å². The van der Waals surface area contributed by atoms with E-state index in [4.69, 9.17) is 0 Å². The first-order chi connectivity index (χ1) is 9.27. The number of carbonyl (C=O) groups is 1. The minimum Gasteiger partial charge on any atom is -0.346 e. The Bertz CT molecular complexity index is 432. The van der Waals surface area contributed by atoms with E-state index in [-0.39, 0.29) is 21.7 Å². The highest BCUT2D eigenvalue weighted by atomic mass is 79.9. The summed E-state index contributed by atoms with van der Waals surface area (Å²) in [6.45, 7) is 10.4. The van der Waals surface area contributed by atoms with Gasteiger partial charge in [-0.2, -0.15) is 0 Å². The standard InChI is InChI=1S/C17H26BrNO/c1-6-17(7-2,13-11-9-8-10-12-13)19-15(20)14(18)16(3,4)5/h8-12,14H,6-7H2,1-5H3,(H,19,20). The average Bonchev–Trinajstić information content (AvgIpc) is 2.43. The van der Waals surface area contributed by atoms with Crippen LogP contribution in [0.1, 0.15) is 53.0 Å². The van der Waals surface area contributed by atoms with Crippen LogP contribution in [0.2, 0.25) is 0 Å². The molecule has 1 aromatic rings. The van der Waals surface area contributed by atoms with Crippen LogP contribution in [0.4, 0.5) is 0 Å². The van der Waals surface area contributed by atoms with E-state index in [0.29, 0.717) is 0 Å². The molecular weight excluding hydrogens is 314 g/mol. The van der Waals surface area contributed by atoms with Crippen LogP contribution in [0.5, 0.6) is 0 Å². The van der Waals surface area contributed by atoms with Crippen LogP contribution in [-0.2, 0) is 10.3 Å². The van der Waals surface area contributed by atoms with Crippen LogP contribution in [0.3, 0.4) is 0 Å². The highest BCUT2D eigenvalue weighted by Gasteiger charge is 2.35. The molecule has 1 amide bonds. The molecule has 0 spiro atoms. The van der Waals surface area contributed by atoms with E-state index in [2.05, 4.69) is 68.0 Å². The van der Waals surface area contributed by atoms with Gasteiger partial charge in [0.25, 0.3) is 0 Å². The van der Waals surface area contributed by atoms with Crippen LogP contribution in [0.25, 0.3) is 0 Å². The molecule has 3 heteroatoms. The fraction of sp³-hybridized carbons (Fsp3) is 0.588. The number of rotatable bonds is 5. The summed E-state index contributed by atoms with van der Waals surface area (Å²) in [4.78, 5) is 12.3. The zero-order chi connectivity index (χ0) is 15.4. The number of alkyl halides is 1. The largest absolute Gasteiger partial charge is 0.346 e. The minimum atomic E-state index is -0.282. The summed E-state index contributed by atoms with van der Waals surface area (Å²) >= 11 is 3.54. The number of nitrogens with one attached hydrogen (secondary N) is 1. The van der Waals surface area contributed by atoms with Gasteiger partial charge in [-0.05, 0) is 23.8 Å². The van der Waals surface area contributed by atoms with Gasteiger partial charge in [-0.3, -0.25) is 4.79 Å². The van der Waals surface area contributed by atoms with E-state index in [1.807, 2.05) is 18.2 Å². The molecule has 2 nitrogen and oxygen atoms in total. The first-order valence-electron chi connectivity index (χ1n) is 7.28. The smallest absolute Gasteiger partial charge is 0.235 e. The van der Waals surface area contributed by atoms with E-state index in [9.17, 15) is 4.79 Å². The lowest BCUT2D eigenvalue weighted by atomic mass is 9.83. The van der Waals surface area contributed by atoms with Crippen LogP contribution >= 0.6 is 15.9 Å². The lowest BCUT2D eigenvalue weighted by Crippen LogP contribution is -2.50. The number of amides is 1. The number of carbonyl (C=O) groups excluding carboxylic acids is 1. The quantitative estimate of drug-likeness (QED) is 0.778. The SMILES string of the molecule is CCC(CC)(NC(=O)C(Br)C(C)(C)C)c1ccccc1. The van der Waals surface area contributed by atoms with Crippen molar-refractivity contribution in [2.75, 3.05) is 0 Å². The molecule has 1 unspecified atom stereocenters. The Morgan fingerprint density at radius 1 is 1.15 bits per heavy atom. The van der Waals surface area contributed by atoms with Crippen molar-refractivity contribution in [2.45, 2.75) is 57.8 Å². The summed E-state index contributed by atoms with van der Waals surface area (Å²) in [5.41, 5.74) is 0.788. The van der Waals surface area contributed by atoms with Gasteiger partial charge in [0, 0.05) is 0 Å².